The highest BCUT2D eigenvalue weighted by Gasteiger charge is 2.37. The quantitative estimate of drug-likeness (QED) is 0.485. The van der Waals surface area contributed by atoms with Crippen molar-refractivity contribution in [3.05, 3.63) is 59.4 Å². The van der Waals surface area contributed by atoms with Crippen LogP contribution >= 0.6 is 0 Å². The molecule has 0 aliphatic carbocycles. The molecule has 3 heterocycles. The Bertz CT molecular complexity index is 1170. The Morgan fingerprint density at radius 2 is 1.59 bits per heavy atom. The van der Waals surface area contributed by atoms with Crippen molar-refractivity contribution in [2.45, 2.75) is 46.0 Å². The van der Waals surface area contributed by atoms with E-state index in [1.807, 2.05) is 26.0 Å². The van der Waals surface area contributed by atoms with E-state index >= 15 is 0 Å². The number of aromatic carboxylic acids is 1. The van der Waals surface area contributed by atoms with Gasteiger partial charge in [-0.3, -0.25) is 24.4 Å². The standard InChI is InChI=1S/C29H36N4O6/c1-29(2)18-25(34)33(26(35)19-29)13-11-21-5-9-24(10-6-21)39-28(38)32-16-14-31(15-17-32)12-3-4-23-8-7-22(20-30-23)27(36)37/h5-10,20H,3-4,11-19H2,1-2H3,(H,36,37). The molecule has 2 saturated heterocycles. The predicted molar refractivity (Wildman–Crippen MR) is 143 cm³/mol. The van der Waals surface area contributed by atoms with Crippen LogP contribution in [0.1, 0.15) is 54.7 Å². The molecule has 10 nitrogen and oxygen atoms in total. The smallest absolute Gasteiger partial charge is 0.415 e. The van der Waals surface area contributed by atoms with Crippen molar-refractivity contribution in [2.75, 3.05) is 39.3 Å². The predicted octanol–water partition coefficient (Wildman–Crippen LogP) is 3.25. The van der Waals surface area contributed by atoms with Gasteiger partial charge in [0.05, 0.1) is 5.56 Å². The number of piperidine rings is 1. The highest BCUT2D eigenvalue weighted by Crippen LogP contribution is 2.31. The molecule has 0 bridgehead atoms. The summed E-state index contributed by atoms with van der Waals surface area (Å²) in [5.41, 5.74) is 1.73. The van der Waals surface area contributed by atoms with Crippen molar-refractivity contribution in [1.29, 1.82) is 0 Å². The molecule has 208 valence electrons. The maximum atomic E-state index is 12.6. The summed E-state index contributed by atoms with van der Waals surface area (Å²) in [6.07, 6.45) is 3.98. The topological polar surface area (TPSA) is 120 Å². The molecule has 0 unspecified atom stereocenters. The zero-order valence-corrected chi connectivity index (χ0v) is 22.6. The zero-order valence-electron chi connectivity index (χ0n) is 22.6. The summed E-state index contributed by atoms with van der Waals surface area (Å²) in [6, 6.07) is 10.5. The van der Waals surface area contributed by atoms with Gasteiger partial charge in [0.1, 0.15) is 5.75 Å². The number of nitrogens with zero attached hydrogens (tertiary/aromatic N) is 4. The molecule has 2 aromatic rings. The summed E-state index contributed by atoms with van der Waals surface area (Å²) >= 11 is 0. The number of likely N-dealkylation sites (tertiary alicyclic amines) is 1. The van der Waals surface area contributed by atoms with Crippen LogP contribution in [0.4, 0.5) is 4.79 Å². The molecule has 0 spiro atoms. The van der Waals surface area contributed by atoms with E-state index in [1.54, 1.807) is 29.2 Å². The summed E-state index contributed by atoms with van der Waals surface area (Å²) in [4.78, 5) is 57.8. The summed E-state index contributed by atoms with van der Waals surface area (Å²) < 4.78 is 5.56. The largest absolute Gasteiger partial charge is 0.478 e. The normalized spacial score (nSPS) is 17.8. The third-order valence-corrected chi connectivity index (χ3v) is 7.22. The fourth-order valence-corrected chi connectivity index (χ4v) is 4.93. The molecule has 1 aromatic heterocycles. The van der Waals surface area contributed by atoms with Crippen molar-refractivity contribution in [3.63, 3.8) is 0 Å². The number of rotatable bonds is 9. The van der Waals surface area contributed by atoms with Crippen LogP contribution < -0.4 is 4.74 Å². The minimum absolute atomic E-state index is 0.119. The van der Waals surface area contributed by atoms with Gasteiger partial charge in [0.15, 0.2) is 0 Å². The van der Waals surface area contributed by atoms with Crippen LogP contribution in [0.15, 0.2) is 42.6 Å². The Morgan fingerprint density at radius 3 is 2.18 bits per heavy atom. The molecular formula is C29H36N4O6. The highest BCUT2D eigenvalue weighted by atomic mass is 16.6. The van der Waals surface area contributed by atoms with Crippen LogP contribution in [-0.4, -0.2) is 87.9 Å². The van der Waals surface area contributed by atoms with Crippen LogP contribution in [0.5, 0.6) is 5.75 Å². The summed E-state index contributed by atoms with van der Waals surface area (Å²) in [7, 11) is 0. The van der Waals surface area contributed by atoms with Gasteiger partial charge in [0.2, 0.25) is 11.8 Å². The fraction of sp³-hybridized carbons (Fsp3) is 0.483. The lowest BCUT2D eigenvalue weighted by Crippen LogP contribution is -2.49. The number of hydrogen-bond acceptors (Lipinski definition) is 7. The van der Waals surface area contributed by atoms with Crippen molar-refractivity contribution in [1.82, 2.24) is 19.7 Å². The third kappa shape index (κ3) is 7.86. The second-order valence-corrected chi connectivity index (χ2v) is 11.0. The zero-order chi connectivity index (χ0) is 28.0. The molecule has 39 heavy (non-hydrogen) atoms. The number of carboxylic acid groups (broad SMARTS) is 1. The number of amides is 3. The van der Waals surface area contributed by atoms with Crippen LogP contribution in [0.2, 0.25) is 0 Å². The van der Waals surface area contributed by atoms with Gasteiger partial charge in [-0.15, -0.1) is 0 Å². The SMILES string of the molecule is CC1(C)CC(=O)N(CCc2ccc(OC(=O)N3CCN(CCCc4ccc(C(=O)O)cn4)CC3)cc2)C(=O)C1. The van der Waals surface area contributed by atoms with Crippen molar-refractivity contribution in [3.8, 4) is 5.75 Å². The molecule has 2 aliphatic rings. The maximum absolute atomic E-state index is 12.6. The van der Waals surface area contributed by atoms with Gasteiger partial charge in [-0.05, 0) is 61.1 Å². The van der Waals surface area contributed by atoms with E-state index in [0.29, 0.717) is 44.6 Å². The van der Waals surface area contributed by atoms with Crippen LogP contribution in [0, 0.1) is 5.41 Å². The van der Waals surface area contributed by atoms with E-state index in [2.05, 4.69) is 9.88 Å². The van der Waals surface area contributed by atoms with E-state index in [4.69, 9.17) is 9.84 Å². The number of pyridine rings is 1. The minimum Gasteiger partial charge on any atom is -0.478 e. The summed E-state index contributed by atoms with van der Waals surface area (Å²) in [6.45, 7) is 7.77. The number of ether oxygens (including phenoxy) is 1. The monoisotopic (exact) mass is 536 g/mol. The van der Waals surface area contributed by atoms with Crippen molar-refractivity contribution in [2.24, 2.45) is 5.41 Å². The number of hydrogen-bond donors (Lipinski definition) is 1. The first-order chi connectivity index (χ1) is 18.6. The summed E-state index contributed by atoms with van der Waals surface area (Å²) in [5.74, 6) is -0.760. The Hall–Kier alpha value is -3.79. The lowest BCUT2D eigenvalue weighted by atomic mass is 9.81. The third-order valence-electron chi connectivity index (χ3n) is 7.22. The molecule has 10 heteroatoms. The van der Waals surface area contributed by atoms with E-state index in [9.17, 15) is 19.2 Å². The van der Waals surface area contributed by atoms with Crippen molar-refractivity contribution < 1.29 is 29.0 Å². The first kappa shape index (κ1) is 28.2. The van der Waals surface area contributed by atoms with Crippen LogP contribution in [0.3, 0.4) is 0 Å². The molecule has 1 N–H and O–H groups in total. The van der Waals surface area contributed by atoms with Gasteiger partial charge < -0.3 is 14.7 Å². The molecule has 0 saturated carbocycles. The Kier molecular flexibility index (Phi) is 8.96. The number of piperazine rings is 1. The highest BCUT2D eigenvalue weighted by molar-refractivity contribution is 5.98. The van der Waals surface area contributed by atoms with Gasteiger partial charge in [0.25, 0.3) is 0 Å². The van der Waals surface area contributed by atoms with Crippen LogP contribution in [0.25, 0.3) is 0 Å². The average Bonchev–Trinajstić information content (AvgIpc) is 2.89. The fourth-order valence-electron chi connectivity index (χ4n) is 4.93. The summed E-state index contributed by atoms with van der Waals surface area (Å²) in [5, 5.41) is 8.96. The van der Waals surface area contributed by atoms with E-state index in [0.717, 1.165) is 43.7 Å². The van der Waals surface area contributed by atoms with Crippen molar-refractivity contribution >= 4 is 23.9 Å². The molecule has 0 radical (unpaired) electrons. The Balaban J connectivity index is 1.15. The van der Waals surface area contributed by atoms with Crippen LogP contribution in [-0.2, 0) is 22.4 Å². The van der Waals surface area contributed by atoms with E-state index in [1.165, 1.54) is 11.1 Å². The lowest BCUT2D eigenvalue weighted by molar-refractivity contribution is -0.152. The van der Waals surface area contributed by atoms with Gasteiger partial charge in [0, 0.05) is 57.5 Å². The molecule has 2 aliphatic heterocycles. The van der Waals surface area contributed by atoms with Gasteiger partial charge in [-0.1, -0.05) is 26.0 Å². The van der Waals surface area contributed by atoms with E-state index in [-0.39, 0.29) is 28.9 Å². The molecule has 1 aromatic carbocycles. The number of imide groups is 1. The Morgan fingerprint density at radius 1 is 0.923 bits per heavy atom. The second-order valence-electron chi connectivity index (χ2n) is 11.0. The molecule has 4 rings (SSSR count). The molecule has 3 amide bonds. The Labute approximate surface area is 228 Å². The van der Waals surface area contributed by atoms with E-state index < -0.39 is 5.97 Å². The molecule has 0 atom stereocenters. The average molecular weight is 537 g/mol. The van der Waals surface area contributed by atoms with Gasteiger partial charge in [-0.2, -0.15) is 0 Å². The number of aryl methyl sites for hydroxylation is 1. The number of benzene rings is 1. The molecule has 2 fully saturated rings. The first-order valence-electron chi connectivity index (χ1n) is 13.4. The number of carbonyl (C=O) groups excluding carboxylic acids is 3. The lowest BCUT2D eigenvalue weighted by Gasteiger charge is -2.34. The minimum atomic E-state index is -0.979. The van der Waals surface area contributed by atoms with Gasteiger partial charge >= 0.3 is 12.1 Å². The number of carboxylic acids is 1. The second kappa shape index (κ2) is 12.4. The first-order valence-corrected chi connectivity index (χ1v) is 13.4. The maximum Gasteiger partial charge on any atom is 0.415 e. The molecular weight excluding hydrogens is 500 g/mol. The number of aromatic nitrogens is 1. The van der Waals surface area contributed by atoms with Gasteiger partial charge in [-0.25, -0.2) is 9.59 Å². The number of carbonyl (C=O) groups is 4.